The lowest BCUT2D eigenvalue weighted by Crippen LogP contribution is -2.41. The summed E-state index contributed by atoms with van der Waals surface area (Å²) in [5.74, 6) is 0.560. The van der Waals surface area contributed by atoms with Crippen molar-refractivity contribution < 1.29 is 4.79 Å². The van der Waals surface area contributed by atoms with Gasteiger partial charge in [0.15, 0.2) is 0 Å². The Kier molecular flexibility index (Phi) is 5.38. The number of aromatic nitrogens is 1. The third-order valence-electron chi connectivity index (χ3n) is 4.77. The number of carbonyl (C=O) groups is 1. The molecular formula is C19H28N2O. The van der Waals surface area contributed by atoms with E-state index in [0.29, 0.717) is 12.5 Å². The van der Waals surface area contributed by atoms with Crippen molar-refractivity contribution in [3.63, 3.8) is 0 Å². The van der Waals surface area contributed by atoms with E-state index in [9.17, 15) is 4.79 Å². The predicted octanol–water partition coefficient (Wildman–Crippen LogP) is 3.76. The molecule has 2 unspecified atom stereocenters. The van der Waals surface area contributed by atoms with Crippen LogP contribution in [0.5, 0.6) is 0 Å². The van der Waals surface area contributed by atoms with Gasteiger partial charge in [-0.25, -0.2) is 0 Å². The lowest BCUT2D eigenvalue weighted by Gasteiger charge is -2.40. The number of pyridine rings is 1. The van der Waals surface area contributed by atoms with Crippen LogP contribution in [0.1, 0.15) is 45.7 Å². The highest BCUT2D eigenvalue weighted by atomic mass is 16.1. The number of carbonyl (C=O) groups excluding carboxylic acids is 1. The van der Waals surface area contributed by atoms with E-state index in [2.05, 4.69) is 37.7 Å². The van der Waals surface area contributed by atoms with Gasteiger partial charge in [0.05, 0.1) is 0 Å². The van der Waals surface area contributed by atoms with Gasteiger partial charge >= 0.3 is 0 Å². The van der Waals surface area contributed by atoms with Crippen molar-refractivity contribution in [2.24, 2.45) is 17.3 Å². The lowest BCUT2D eigenvalue weighted by atomic mass is 9.65. The number of allylic oxidation sites excluding steroid dienone is 1. The van der Waals surface area contributed by atoms with Gasteiger partial charge in [-0.3, -0.25) is 9.78 Å². The van der Waals surface area contributed by atoms with Crippen LogP contribution < -0.4 is 5.32 Å². The second kappa shape index (κ2) is 7.08. The molecule has 22 heavy (non-hydrogen) atoms. The molecule has 1 heterocycles. The van der Waals surface area contributed by atoms with Crippen molar-refractivity contribution >= 4 is 5.91 Å². The van der Waals surface area contributed by atoms with Crippen LogP contribution in [0.15, 0.2) is 36.5 Å². The topological polar surface area (TPSA) is 42.0 Å². The molecule has 1 saturated carbocycles. The molecule has 1 aromatic heterocycles. The van der Waals surface area contributed by atoms with E-state index in [1.54, 1.807) is 6.20 Å². The highest BCUT2D eigenvalue weighted by Gasteiger charge is 2.38. The third kappa shape index (κ3) is 4.43. The average Bonchev–Trinajstić information content (AvgIpc) is 2.47. The Morgan fingerprint density at radius 3 is 2.82 bits per heavy atom. The molecule has 0 saturated heterocycles. The zero-order valence-electron chi connectivity index (χ0n) is 14.1. The molecular weight excluding hydrogens is 272 g/mol. The minimum Gasteiger partial charge on any atom is -0.355 e. The fourth-order valence-corrected chi connectivity index (χ4v) is 3.44. The van der Waals surface area contributed by atoms with Crippen LogP contribution >= 0.6 is 0 Å². The minimum atomic E-state index is 0.0602. The van der Waals surface area contributed by atoms with Gasteiger partial charge in [0, 0.05) is 30.8 Å². The van der Waals surface area contributed by atoms with E-state index in [1.807, 2.05) is 18.2 Å². The van der Waals surface area contributed by atoms with Crippen molar-refractivity contribution in [2.45, 2.75) is 46.5 Å². The van der Waals surface area contributed by atoms with Gasteiger partial charge in [-0.15, -0.1) is 0 Å². The van der Waals surface area contributed by atoms with Crippen LogP contribution in [0, 0.1) is 17.3 Å². The van der Waals surface area contributed by atoms with Crippen LogP contribution in [-0.4, -0.2) is 17.4 Å². The molecule has 1 aliphatic carbocycles. The van der Waals surface area contributed by atoms with E-state index >= 15 is 0 Å². The maximum atomic E-state index is 12.6. The fourth-order valence-electron chi connectivity index (χ4n) is 3.44. The second-order valence-electron chi connectivity index (χ2n) is 7.33. The van der Waals surface area contributed by atoms with Gasteiger partial charge in [0.2, 0.25) is 5.91 Å². The van der Waals surface area contributed by atoms with Crippen LogP contribution in [0.4, 0.5) is 0 Å². The van der Waals surface area contributed by atoms with Crippen molar-refractivity contribution in [3.05, 3.63) is 42.2 Å². The zero-order valence-corrected chi connectivity index (χ0v) is 14.1. The van der Waals surface area contributed by atoms with Gasteiger partial charge in [-0.2, -0.15) is 0 Å². The van der Waals surface area contributed by atoms with Crippen molar-refractivity contribution in [2.75, 3.05) is 6.54 Å². The Bertz CT molecular complexity index is 521. The average molecular weight is 300 g/mol. The molecule has 1 aliphatic rings. The Balaban J connectivity index is 1.92. The Morgan fingerprint density at radius 2 is 2.18 bits per heavy atom. The molecule has 0 bridgehead atoms. The second-order valence-corrected chi connectivity index (χ2v) is 7.33. The first-order valence-electron chi connectivity index (χ1n) is 8.22. The Labute approximate surface area is 134 Å². The summed E-state index contributed by atoms with van der Waals surface area (Å²) in [5.41, 5.74) is 2.40. The predicted molar refractivity (Wildman–Crippen MR) is 90.4 cm³/mol. The monoisotopic (exact) mass is 300 g/mol. The molecule has 0 spiro atoms. The van der Waals surface area contributed by atoms with Gasteiger partial charge in [0.1, 0.15) is 0 Å². The summed E-state index contributed by atoms with van der Waals surface area (Å²) < 4.78 is 0. The van der Waals surface area contributed by atoms with Crippen molar-refractivity contribution in [1.29, 1.82) is 0 Å². The number of hydrogen-bond donors (Lipinski definition) is 1. The Hall–Kier alpha value is -1.64. The maximum Gasteiger partial charge on any atom is 0.223 e. The quantitative estimate of drug-likeness (QED) is 0.841. The standard InChI is InChI=1S/C19H28N2O/c1-14(2)16-8-10-19(3,4)13-17(16)18(22)21-12-9-15-7-5-6-11-20-15/h5-7,11,16-17H,1,8-10,12-13H2,2-4H3,(H,21,22). The summed E-state index contributed by atoms with van der Waals surface area (Å²) in [7, 11) is 0. The normalized spacial score (nSPS) is 23.8. The van der Waals surface area contributed by atoms with Gasteiger partial charge in [-0.1, -0.05) is 32.1 Å². The van der Waals surface area contributed by atoms with E-state index in [4.69, 9.17) is 0 Å². The summed E-state index contributed by atoms with van der Waals surface area (Å²) in [6, 6.07) is 5.88. The number of nitrogens with zero attached hydrogens (tertiary/aromatic N) is 1. The minimum absolute atomic E-state index is 0.0602. The molecule has 0 radical (unpaired) electrons. The van der Waals surface area contributed by atoms with Crippen LogP contribution in [0.25, 0.3) is 0 Å². The summed E-state index contributed by atoms with van der Waals surface area (Å²) in [5, 5.41) is 3.10. The molecule has 0 aliphatic heterocycles. The Morgan fingerprint density at radius 1 is 1.41 bits per heavy atom. The number of hydrogen-bond acceptors (Lipinski definition) is 2. The van der Waals surface area contributed by atoms with E-state index in [0.717, 1.165) is 30.5 Å². The largest absolute Gasteiger partial charge is 0.355 e. The molecule has 2 rings (SSSR count). The molecule has 1 aromatic rings. The number of nitrogens with one attached hydrogen (secondary N) is 1. The first kappa shape index (κ1) is 16.7. The first-order valence-corrected chi connectivity index (χ1v) is 8.22. The lowest BCUT2D eigenvalue weighted by molar-refractivity contribution is -0.128. The molecule has 120 valence electrons. The van der Waals surface area contributed by atoms with Gasteiger partial charge in [0.25, 0.3) is 0 Å². The summed E-state index contributed by atoms with van der Waals surface area (Å²) in [6.45, 7) is 11.3. The van der Waals surface area contributed by atoms with Gasteiger partial charge in [-0.05, 0) is 49.7 Å². The summed E-state index contributed by atoms with van der Waals surface area (Å²) >= 11 is 0. The van der Waals surface area contributed by atoms with E-state index < -0.39 is 0 Å². The summed E-state index contributed by atoms with van der Waals surface area (Å²) in [6.07, 6.45) is 5.75. The fraction of sp³-hybridized carbons (Fsp3) is 0.579. The molecule has 1 fully saturated rings. The van der Waals surface area contributed by atoms with Crippen molar-refractivity contribution in [3.8, 4) is 0 Å². The van der Waals surface area contributed by atoms with E-state index in [1.165, 1.54) is 6.42 Å². The third-order valence-corrected chi connectivity index (χ3v) is 4.77. The van der Waals surface area contributed by atoms with E-state index in [-0.39, 0.29) is 17.2 Å². The zero-order chi connectivity index (χ0) is 16.2. The molecule has 2 atom stereocenters. The number of rotatable bonds is 5. The smallest absolute Gasteiger partial charge is 0.223 e. The molecule has 1 N–H and O–H groups in total. The molecule has 1 amide bonds. The maximum absolute atomic E-state index is 12.6. The van der Waals surface area contributed by atoms with Crippen LogP contribution in [0.2, 0.25) is 0 Å². The highest BCUT2D eigenvalue weighted by molar-refractivity contribution is 5.79. The first-order chi connectivity index (χ1) is 10.4. The van der Waals surface area contributed by atoms with Crippen LogP contribution in [0.3, 0.4) is 0 Å². The molecule has 3 nitrogen and oxygen atoms in total. The van der Waals surface area contributed by atoms with Crippen LogP contribution in [-0.2, 0) is 11.2 Å². The SMILES string of the molecule is C=C(C)C1CCC(C)(C)CC1C(=O)NCCc1ccccn1. The summed E-state index contributed by atoms with van der Waals surface area (Å²) in [4.78, 5) is 16.9. The molecule has 0 aromatic carbocycles. The van der Waals surface area contributed by atoms with Gasteiger partial charge < -0.3 is 5.32 Å². The molecule has 3 heteroatoms. The number of amides is 1. The van der Waals surface area contributed by atoms with Crippen molar-refractivity contribution in [1.82, 2.24) is 10.3 Å². The highest BCUT2D eigenvalue weighted by Crippen LogP contribution is 2.44.